The molecule has 7 heteroatoms. The van der Waals surface area contributed by atoms with Crippen molar-refractivity contribution in [2.75, 3.05) is 31.1 Å². The molecule has 23 heavy (non-hydrogen) atoms. The first-order chi connectivity index (χ1) is 10.6. The molecule has 0 saturated carbocycles. The summed E-state index contributed by atoms with van der Waals surface area (Å²) < 4.78 is 0. The monoisotopic (exact) mass is 339 g/mol. The SMILES string of the molecule is CC(=O)N1CCc2cc(C(=O)NCC3CNCC3O)ccc21.Cl. The van der Waals surface area contributed by atoms with Gasteiger partial charge in [0, 0.05) is 50.3 Å². The van der Waals surface area contributed by atoms with E-state index in [0.29, 0.717) is 25.2 Å². The van der Waals surface area contributed by atoms with Crippen molar-refractivity contribution < 1.29 is 14.7 Å². The fourth-order valence-electron chi connectivity index (χ4n) is 3.12. The highest BCUT2D eigenvalue weighted by Gasteiger charge is 2.26. The topological polar surface area (TPSA) is 81.7 Å². The second-order valence-corrected chi connectivity index (χ2v) is 5.96. The van der Waals surface area contributed by atoms with E-state index in [1.54, 1.807) is 17.9 Å². The third kappa shape index (κ3) is 3.65. The molecule has 1 saturated heterocycles. The summed E-state index contributed by atoms with van der Waals surface area (Å²) in [6.07, 6.45) is 0.380. The number of halogens is 1. The molecule has 1 aromatic rings. The van der Waals surface area contributed by atoms with Gasteiger partial charge in [-0.1, -0.05) is 0 Å². The Bertz CT molecular complexity index is 608. The molecule has 0 aliphatic carbocycles. The summed E-state index contributed by atoms with van der Waals surface area (Å²) in [5, 5.41) is 15.7. The molecular formula is C16H22ClN3O3. The van der Waals surface area contributed by atoms with Gasteiger partial charge in [0.1, 0.15) is 0 Å². The number of hydrogen-bond acceptors (Lipinski definition) is 4. The summed E-state index contributed by atoms with van der Waals surface area (Å²) in [4.78, 5) is 25.5. The number of benzene rings is 1. The first kappa shape index (κ1) is 17.7. The van der Waals surface area contributed by atoms with Crippen LogP contribution in [-0.2, 0) is 11.2 Å². The highest BCUT2D eigenvalue weighted by Crippen LogP contribution is 2.28. The fraction of sp³-hybridized carbons (Fsp3) is 0.500. The number of anilines is 1. The predicted octanol–water partition coefficient (Wildman–Crippen LogP) is 0.328. The number of hydrogen-bond donors (Lipinski definition) is 3. The molecule has 2 atom stereocenters. The van der Waals surface area contributed by atoms with Crippen LogP contribution in [0, 0.1) is 5.92 Å². The van der Waals surface area contributed by atoms with Gasteiger partial charge in [-0.2, -0.15) is 0 Å². The third-order valence-corrected chi connectivity index (χ3v) is 4.45. The molecule has 2 heterocycles. The van der Waals surface area contributed by atoms with Crippen molar-refractivity contribution in [3.63, 3.8) is 0 Å². The van der Waals surface area contributed by atoms with Crippen molar-refractivity contribution in [1.82, 2.24) is 10.6 Å². The van der Waals surface area contributed by atoms with E-state index in [1.165, 1.54) is 0 Å². The average molecular weight is 340 g/mol. The first-order valence-electron chi connectivity index (χ1n) is 7.64. The molecule has 3 N–H and O–H groups in total. The Morgan fingerprint density at radius 1 is 1.39 bits per heavy atom. The van der Waals surface area contributed by atoms with E-state index >= 15 is 0 Å². The van der Waals surface area contributed by atoms with E-state index in [1.807, 2.05) is 12.1 Å². The Morgan fingerprint density at radius 2 is 2.17 bits per heavy atom. The van der Waals surface area contributed by atoms with Crippen LogP contribution >= 0.6 is 12.4 Å². The van der Waals surface area contributed by atoms with Gasteiger partial charge in [-0.3, -0.25) is 9.59 Å². The number of nitrogens with one attached hydrogen (secondary N) is 2. The zero-order valence-corrected chi connectivity index (χ0v) is 13.9. The summed E-state index contributed by atoms with van der Waals surface area (Å²) in [5.74, 6) is -0.0478. The number of carbonyl (C=O) groups excluding carboxylic acids is 2. The lowest BCUT2D eigenvalue weighted by Gasteiger charge is -2.16. The van der Waals surface area contributed by atoms with Crippen LogP contribution in [0.5, 0.6) is 0 Å². The van der Waals surface area contributed by atoms with Crippen LogP contribution in [0.2, 0.25) is 0 Å². The van der Waals surface area contributed by atoms with Crippen LogP contribution in [0.15, 0.2) is 18.2 Å². The van der Waals surface area contributed by atoms with Crippen LogP contribution in [-0.4, -0.2) is 49.2 Å². The Kier molecular flexibility index (Phi) is 5.62. The summed E-state index contributed by atoms with van der Waals surface area (Å²) in [7, 11) is 0. The van der Waals surface area contributed by atoms with Crippen LogP contribution in [0.3, 0.4) is 0 Å². The molecule has 3 rings (SSSR count). The van der Waals surface area contributed by atoms with Gasteiger partial charge < -0.3 is 20.6 Å². The first-order valence-corrected chi connectivity index (χ1v) is 7.64. The number of aliphatic hydroxyl groups is 1. The average Bonchev–Trinajstić information content (AvgIpc) is 3.10. The Hall–Kier alpha value is -1.63. The van der Waals surface area contributed by atoms with E-state index in [9.17, 15) is 14.7 Å². The standard InChI is InChI=1S/C16H21N3O3.ClH/c1-10(20)19-5-4-11-6-12(2-3-14(11)19)16(22)18-8-13-7-17-9-15(13)21;/h2-3,6,13,15,17,21H,4-5,7-9H2,1H3,(H,18,22);1H. The fourth-order valence-corrected chi connectivity index (χ4v) is 3.12. The van der Waals surface area contributed by atoms with Gasteiger partial charge in [0.25, 0.3) is 5.91 Å². The second-order valence-electron chi connectivity index (χ2n) is 5.96. The molecule has 0 aromatic heterocycles. The van der Waals surface area contributed by atoms with Crippen molar-refractivity contribution in [3.8, 4) is 0 Å². The highest BCUT2D eigenvalue weighted by molar-refractivity contribution is 5.97. The summed E-state index contributed by atoms with van der Waals surface area (Å²) in [6.45, 7) is 4.00. The lowest BCUT2D eigenvalue weighted by molar-refractivity contribution is -0.116. The largest absolute Gasteiger partial charge is 0.391 e. The second kappa shape index (κ2) is 7.29. The number of carbonyl (C=O) groups is 2. The molecule has 2 amide bonds. The molecule has 1 aromatic carbocycles. The van der Waals surface area contributed by atoms with E-state index in [-0.39, 0.29) is 30.1 Å². The smallest absolute Gasteiger partial charge is 0.251 e. The van der Waals surface area contributed by atoms with E-state index < -0.39 is 6.10 Å². The number of aliphatic hydroxyl groups excluding tert-OH is 1. The molecule has 6 nitrogen and oxygen atoms in total. The third-order valence-electron chi connectivity index (χ3n) is 4.45. The van der Waals surface area contributed by atoms with Crippen LogP contribution in [0.25, 0.3) is 0 Å². The summed E-state index contributed by atoms with van der Waals surface area (Å²) in [5.41, 5.74) is 2.54. The maximum atomic E-state index is 12.2. The van der Waals surface area contributed by atoms with Crippen molar-refractivity contribution in [1.29, 1.82) is 0 Å². The minimum absolute atomic E-state index is 0. The maximum Gasteiger partial charge on any atom is 0.251 e. The molecule has 2 aliphatic heterocycles. The quantitative estimate of drug-likeness (QED) is 0.741. The van der Waals surface area contributed by atoms with Gasteiger partial charge in [0.05, 0.1) is 6.10 Å². The number of amides is 2. The minimum atomic E-state index is -0.399. The highest BCUT2D eigenvalue weighted by atomic mass is 35.5. The number of fused-ring (bicyclic) bond motifs is 1. The number of rotatable bonds is 3. The van der Waals surface area contributed by atoms with E-state index in [4.69, 9.17) is 0 Å². The Labute approximate surface area is 141 Å². The predicted molar refractivity (Wildman–Crippen MR) is 90.1 cm³/mol. The van der Waals surface area contributed by atoms with Crippen molar-refractivity contribution in [2.45, 2.75) is 19.4 Å². The van der Waals surface area contributed by atoms with Gasteiger partial charge in [-0.15, -0.1) is 12.4 Å². The van der Waals surface area contributed by atoms with Gasteiger partial charge in [-0.05, 0) is 30.2 Å². The molecule has 126 valence electrons. The van der Waals surface area contributed by atoms with Crippen molar-refractivity contribution in [3.05, 3.63) is 29.3 Å². The van der Waals surface area contributed by atoms with Crippen molar-refractivity contribution in [2.24, 2.45) is 5.92 Å². The summed E-state index contributed by atoms with van der Waals surface area (Å²) in [6, 6.07) is 5.44. The van der Waals surface area contributed by atoms with Gasteiger partial charge in [-0.25, -0.2) is 0 Å². The van der Waals surface area contributed by atoms with Gasteiger partial charge in [0.15, 0.2) is 0 Å². The Morgan fingerprint density at radius 3 is 2.83 bits per heavy atom. The molecule has 2 aliphatic rings. The van der Waals surface area contributed by atoms with Crippen LogP contribution in [0.1, 0.15) is 22.8 Å². The zero-order chi connectivity index (χ0) is 15.7. The molecular weight excluding hydrogens is 318 g/mol. The van der Waals surface area contributed by atoms with E-state index in [2.05, 4.69) is 10.6 Å². The molecule has 2 unspecified atom stereocenters. The maximum absolute atomic E-state index is 12.2. The Balaban J connectivity index is 0.00000192. The van der Waals surface area contributed by atoms with Gasteiger partial charge >= 0.3 is 0 Å². The van der Waals surface area contributed by atoms with E-state index in [0.717, 1.165) is 24.2 Å². The zero-order valence-electron chi connectivity index (χ0n) is 13.0. The number of β-amino-alcohol motifs (C(OH)–C–C–N with tert-alkyl or cyclic N) is 1. The lowest BCUT2D eigenvalue weighted by Crippen LogP contribution is -2.34. The minimum Gasteiger partial charge on any atom is -0.391 e. The van der Waals surface area contributed by atoms with Crippen molar-refractivity contribution >= 4 is 29.9 Å². The van der Waals surface area contributed by atoms with Gasteiger partial charge in [0.2, 0.25) is 5.91 Å². The van der Waals surface area contributed by atoms with Crippen LogP contribution in [0.4, 0.5) is 5.69 Å². The lowest BCUT2D eigenvalue weighted by atomic mass is 10.1. The molecule has 0 spiro atoms. The molecule has 0 bridgehead atoms. The molecule has 1 fully saturated rings. The summed E-state index contributed by atoms with van der Waals surface area (Å²) >= 11 is 0. The molecule has 0 radical (unpaired) electrons. The number of nitrogens with zero attached hydrogens (tertiary/aromatic N) is 1. The van der Waals surface area contributed by atoms with Crippen LogP contribution < -0.4 is 15.5 Å². The normalized spacial score (nSPS) is 22.4.